The molecule has 1 heterocycles. The van der Waals surface area contributed by atoms with E-state index >= 15 is 0 Å². The van der Waals surface area contributed by atoms with Crippen LogP contribution in [0.1, 0.15) is 45.3 Å². The van der Waals surface area contributed by atoms with Crippen LogP contribution in [0.2, 0.25) is 0 Å². The van der Waals surface area contributed by atoms with Crippen molar-refractivity contribution in [3.63, 3.8) is 0 Å². The predicted octanol–water partition coefficient (Wildman–Crippen LogP) is 3.60. The smallest absolute Gasteiger partial charge is 0.129 e. The molecule has 0 aromatic carbocycles. The zero-order chi connectivity index (χ0) is 13.5. The normalized spacial score (nSPS) is 27.6. The van der Waals surface area contributed by atoms with Gasteiger partial charge in [-0.2, -0.15) is 0 Å². The van der Waals surface area contributed by atoms with Crippen molar-refractivity contribution in [3.05, 3.63) is 24.2 Å². The van der Waals surface area contributed by atoms with Gasteiger partial charge in [0.1, 0.15) is 12.4 Å². The Morgan fingerprint density at radius 3 is 2.79 bits per heavy atom. The number of rotatable bonds is 7. The van der Waals surface area contributed by atoms with E-state index in [0.29, 0.717) is 12.6 Å². The van der Waals surface area contributed by atoms with Gasteiger partial charge in [0, 0.05) is 12.6 Å². The highest BCUT2D eigenvalue weighted by molar-refractivity contribution is 4.95. The Labute approximate surface area is 116 Å². The van der Waals surface area contributed by atoms with Gasteiger partial charge in [0.05, 0.1) is 6.26 Å². The van der Waals surface area contributed by atoms with Gasteiger partial charge in [-0.25, -0.2) is 0 Å². The summed E-state index contributed by atoms with van der Waals surface area (Å²) in [5, 5.41) is 3.71. The molecule has 2 unspecified atom stereocenters. The molecule has 1 aliphatic rings. The Balaban J connectivity index is 1.53. The summed E-state index contributed by atoms with van der Waals surface area (Å²) in [6.07, 6.45) is 6.89. The number of hydrogen-bond donors (Lipinski definition) is 1. The fourth-order valence-corrected chi connectivity index (χ4v) is 3.09. The summed E-state index contributed by atoms with van der Waals surface area (Å²) < 4.78 is 10.8. The standard InChI is InChI=1S/C16H27NO2/c1-13-6-3-7-14(2)16(13)17-9-5-10-18-12-15-8-4-11-19-15/h4,8,11,13-14,16-17H,3,5-7,9-10,12H2,1-2H3. The van der Waals surface area contributed by atoms with Gasteiger partial charge in [-0.05, 0) is 49.8 Å². The van der Waals surface area contributed by atoms with E-state index in [1.165, 1.54) is 19.3 Å². The molecule has 2 rings (SSSR count). The maximum Gasteiger partial charge on any atom is 0.129 e. The first kappa shape index (κ1) is 14.6. The van der Waals surface area contributed by atoms with Crippen LogP contribution in [0.3, 0.4) is 0 Å². The van der Waals surface area contributed by atoms with Crippen molar-refractivity contribution in [1.29, 1.82) is 0 Å². The molecule has 108 valence electrons. The van der Waals surface area contributed by atoms with Gasteiger partial charge in [0.2, 0.25) is 0 Å². The molecule has 0 spiro atoms. The quantitative estimate of drug-likeness (QED) is 0.765. The maximum absolute atomic E-state index is 5.59. The molecule has 3 heteroatoms. The van der Waals surface area contributed by atoms with Gasteiger partial charge in [-0.3, -0.25) is 0 Å². The summed E-state index contributed by atoms with van der Waals surface area (Å²) in [5.74, 6) is 2.53. The first-order valence-electron chi connectivity index (χ1n) is 7.61. The maximum atomic E-state index is 5.59. The van der Waals surface area contributed by atoms with Crippen LogP contribution in [0.25, 0.3) is 0 Å². The number of ether oxygens (including phenoxy) is 1. The average molecular weight is 265 g/mol. The molecule has 1 aromatic rings. The van der Waals surface area contributed by atoms with Crippen molar-refractivity contribution < 1.29 is 9.15 Å². The molecule has 1 aromatic heterocycles. The first-order chi connectivity index (χ1) is 9.27. The van der Waals surface area contributed by atoms with Crippen LogP contribution in [0.4, 0.5) is 0 Å². The summed E-state index contributed by atoms with van der Waals surface area (Å²) in [4.78, 5) is 0. The molecule has 0 amide bonds. The SMILES string of the molecule is CC1CCCC(C)C1NCCCOCc1ccco1. The minimum Gasteiger partial charge on any atom is -0.467 e. The van der Waals surface area contributed by atoms with Crippen LogP contribution in [-0.2, 0) is 11.3 Å². The zero-order valence-electron chi connectivity index (χ0n) is 12.2. The third-order valence-electron chi connectivity index (χ3n) is 4.21. The van der Waals surface area contributed by atoms with Gasteiger partial charge in [-0.15, -0.1) is 0 Å². The summed E-state index contributed by atoms with van der Waals surface area (Å²) in [7, 11) is 0. The Morgan fingerprint density at radius 2 is 2.11 bits per heavy atom. The highest BCUT2D eigenvalue weighted by atomic mass is 16.5. The monoisotopic (exact) mass is 265 g/mol. The number of nitrogens with one attached hydrogen (secondary N) is 1. The van der Waals surface area contributed by atoms with E-state index in [1.54, 1.807) is 6.26 Å². The first-order valence-corrected chi connectivity index (χ1v) is 7.61. The van der Waals surface area contributed by atoms with Crippen molar-refractivity contribution in [3.8, 4) is 0 Å². The summed E-state index contributed by atoms with van der Waals surface area (Å²) in [5.41, 5.74) is 0. The lowest BCUT2D eigenvalue weighted by Crippen LogP contribution is -2.43. The topological polar surface area (TPSA) is 34.4 Å². The molecule has 1 N–H and O–H groups in total. The molecule has 0 radical (unpaired) electrons. The summed E-state index contributed by atoms with van der Waals surface area (Å²) in [6, 6.07) is 4.54. The molecule has 0 aliphatic heterocycles. The third kappa shape index (κ3) is 4.66. The van der Waals surface area contributed by atoms with Crippen molar-refractivity contribution in [2.24, 2.45) is 11.8 Å². The van der Waals surface area contributed by atoms with Crippen LogP contribution in [0, 0.1) is 11.8 Å². The van der Waals surface area contributed by atoms with Crippen molar-refractivity contribution in [2.75, 3.05) is 13.2 Å². The second-order valence-electron chi connectivity index (χ2n) is 5.85. The lowest BCUT2D eigenvalue weighted by molar-refractivity contribution is 0.101. The van der Waals surface area contributed by atoms with E-state index in [2.05, 4.69) is 19.2 Å². The molecule has 1 saturated carbocycles. The largest absolute Gasteiger partial charge is 0.467 e. The molecular weight excluding hydrogens is 238 g/mol. The molecule has 1 fully saturated rings. The lowest BCUT2D eigenvalue weighted by Gasteiger charge is -2.35. The molecule has 2 atom stereocenters. The molecule has 3 nitrogen and oxygen atoms in total. The predicted molar refractivity (Wildman–Crippen MR) is 77.0 cm³/mol. The summed E-state index contributed by atoms with van der Waals surface area (Å²) >= 11 is 0. The zero-order valence-corrected chi connectivity index (χ0v) is 12.2. The van der Waals surface area contributed by atoms with E-state index in [4.69, 9.17) is 9.15 Å². The van der Waals surface area contributed by atoms with E-state index in [0.717, 1.165) is 37.2 Å². The Hall–Kier alpha value is -0.800. The molecular formula is C16H27NO2. The highest BCUT2D eigenvalue weighted by Crippen LogP contribution is 2.28. The summed E-state index contributed by atoms with van der Waals surface area (Å²) in [6.45, 7) is 7.19. The number of hydrogen-bond acceptors (Lipinski definition) is 3. The van der Waals surface area contributed by atoms with E-state index in [-0.39, 0.29) is 0 Å². The van der Waals surface area contributed by atoms with Crippen LogP contribution in [-0.4, -0.2) is 19.2 Å². The number of furan rings is 1. The van der Waals surface area contributed by atoms with Gasteiger partial charge in [0.25, 0.3) is 0 Å². The van der Waals surface area contributed by atoms with Gasteiger partial charge >= 0.3 is 0 Å². The molecule has 19 heavy (non-hydrogen) atoms. The fraction of sp³-hybridized carbons (Fsp3) is 0.750. The second kappa shape index (κ2) is 7.71. The van der Waals surface area contributed by atoms with Crippen LogP contribution in [0.15, 0.2) is 22.8 Å². The van der Waals surface area contributed by atoms with Crippen LogP contribution >= 0.6 is 0 Å². The minimum atomic E-state index is 0.587. The van der Waals surface area contributed by atoms with Crippen LogP contribution in [0.5, 0.6) is 0 Å². The van der Waals surface area contributed by atoms with Crippen molar-refractivity contribution >= 4 is 0 Å². The van der Waals surface area contributed by atoms with Gasteiger partial charge < -0.3 is 14.5 Å². The minimum absolute atomic E-state index is 0.587. The van der Waals surface area contributed by atoms with E-state index in [9.17, 15) is 0 Å². The third-order valence-corrected chi connectivity index (χ3v) is 4.21. The second-order valence-corrected chi connectivity index (χ2v) is 5.85. The van der Waals surface area contributed by atoms with Crippen molar-refractivity contribution in [2.45, 2.75) is 52.2 Å². The average Bonchev–Trinajstić information content (AvgIpc) is 2.89. The Kier molecular flexibility index (Phi) is 5.93. The van der Waals surface area contributed by atoms with E-state index in [1.807, 2.05) is 12.1 Å². The Morgan fingerprint density at radius 1 is 1.32 bits per heavy atom. The van der Waals surface area contributed by atoms with Crippen LogP contribution < -0.4 is 5.32 Å². The molecule has 0 bridgehead atoms. The van der Waals surface area contributed by atoms with Gasteiger partial charge in [0.15, 0.2) is 0 Å². The lowest BCUT2D eigenvalue weighted by atomic mass is 9.79. The highest BCUT2D eigenvalue weighted by Gasteiger charge is 2.26. The fourth-order valence-electron chi connectivity index (χ4n) is 3.09. The van der Waals surface area contributed by atoms with Crippen molar-refractivity contribution in [1.82, 2.24) is 5.32 Å². The Bertz CT molecular complexity index is 327. The van der Waals surface area contributed by atoms with Gasteiger partial charge in [-0.1, -0.05) is 20.3 Å². The molecule has 0 saturated heterocycles. The molecule has 1 aliphatic carbocycles. The van der Waals surface area contributed by atoms with E-state index < -0.39 is 0 Å².